The quantitative estimate of drug-likeness (QED) is 0.723. The average molecular weight is 320 g/mol. The van der Waals surface area contributed by atoms with E-state index in [0.717, 1.165) is 61.0 Å². The van der Waals surface area contributed by atoms with Crippen LogP contribution in [-0.4, -0.2) is 46.3 Å². The van der Waals surface area contributed by atoms with Gasteiger partial charge in [-0.3, -0.25) is 4.98 Å². The minimum absolute atomic E-state index is 0.905. The largest absolute Gasteiger partial charge is 0.353 e. The zero-order valence-corrected chi connectivity index (χ0v) is 13.8. The number of anilines is 2. The molecule has 4 rings (SSSR count). The third-order valence-electron chi connectivity index (χ3n) is 4.36. The second-order valence-electron chi connectivity index (χ2n) is 6.08. The van der Waals surface area contributed by atoms with Gasteiger partial charge in [0.15, 0.2) is 5.82 Å². The normalized spacial score (nSPS) is 15.5. The number of aromatic nitrogens is 4. The highest BCUT2D eigenvalue weighted by atomic mass is 15.3. The smallest absolute Gasteiger partial charge is 0.151 e. The molecule has 0 unspecified atom stereocenters. The number of hydrogen-bond acceptors (Lipinski definition) is 6. The van der Waals surface area contributed by atoms with Crippen LogP contribution in [0.1, 0.15) is 12.1 Å². The van der Waals surface area contributed by atoms with Crippen molar-refractivity contribution in [2.45, 2.75) is 13.3 Å². The Balaban J connectivity index is 1.52. The van der Waals surface area contributed by atoms with Crippen molar-refractivity contribution in [1.82, 2.24) is 20.2 Å². The maximum absolute atomic E-state index is 4.77. The third-order valence-corrected chi connectivity index (χ3v) is 4.36. The van der Waals surface area contributed by atoms with Crippen LogP contribution < -0.4 is 9.80 Å². The van der Waals surface area contributed by atoms with E-state index in [-0.39, 0.29) is 0 Å². The summed E-state index contributed by atoms with van der Waals surface area (Å²) in [6, 6.07) is 12.1. The van der Waals surface area contributed by atoms with Crippen LogP contribution in [0.5, 0.6) is 0 Å². The molecule has 0 spiro atoms. The Morgan fingerprint density at radius 2 is 1.54 bits per heavy atom. The van der Waals surface area contributed by atoms with Gasteiger partial charge in [-0.25, -0.2) is 4.98 Å². The van der Waals surface area contributed by atoms with Gasteiger partial charge >= 0.3 is 0 Å². The Labute approximate surface area is 141 Å². The van der Waals surface area contributed by atoms with Crippen molar-refractivity contribution in [1.29, 1.82) is 0 Å². The SMILES string of the molecule is Cc1ccc(N2CCCN(c3cnc4ccccc4n3)CC2)nn1. The van der Waals surface area contributed by atoms with Crippen molar-refractivity contribution in [2.24, 2.45) is 0 Å². The molecule has 1 saturated heterocycles. The summed E-state index contributed by atoms with van der Waals surface area (Å²) in [6.45, 7) is 5.73. The van der Waals surface area contributed by atoms with Gasteiger partial charge in [-0.15, -0.1) is 5.10 Å². The van der Waals surface area contributed by atoms with Crippen molar-refractivity contribution in [3.63, 3.8) is 0 Å². The topological polar surface area (TPSA) is 58.0 Å². The fourth-order valence-electron chi connectivity index (χ4n) is 3.04. The number of nitrogens with zero attached hydrogens (tertiary/aromatic N) is 6. The van der Waals surface area contributed by atoms with E-state index in [1.165, 1.54) is 0 Å². The molecule has 0 bridgehead atoms. The first-order chi connectivity index (χ1) is 11.8. The number of hydrogen-bond donors (Lipinski definition) is 0. The molecule has 0 amide bonds. The van der Waals surface area contributed by atoms with E-state index in [0.29, 0.717) is 0 Å². The molecule has 6 nitrogen and oxygen atoms in total. The Morgan fingerprint density at radius 3 is 2.29 bits per heavy atom. The minimum atomic E-state index is 0.905. The van der Waals surface area contributed by atoms with Crippen molar-refractivity contribution < 1.29 is 0 Å². The van der Waals surface area contributed by atoms with Gasteiger partial charge in [0, 0.05) is 26.2 Å². The van der Waals surface area contributed by atoms with Gasteiger partial charge in [0.1, 0.15) is 5.82 Å². The molecule has 0 atom stereocenters. The van der Waals surface area contributed by atoms with Crippen LogP contribution in [0.4, 0.5) is 11.6 Å². The highest BCUT2D eigenvalue weighted by Gasteiger charge is 2.17. The van der Waals surface area contributed by atoms with Gasteiger partial charge in [-0.2, -0.15) is 5.10 Å². The monoisotopic (exact) mass is 320 g/mol. The summed E-state index contributed by atoms with van der Waals surface area (Å²) in [4.78, 5) is 13.9. The first kappa shape index (κ1) is 14.8. The number of fused-ring (bicyclic) bond motifs is 1. The van der Waals surface area contributed by atoms with E-state index in [2.05, 4.69) is 25.0 Å². The molecule has 0 radical (unpaired) electrons. The van der Waals surface area contributed by atoms with Crippen molar-refractivity contribution in [3.05, 3.63) is 48.3 Å². The molecule has 6 heteroatoms. The van der Waals surface area contributed by atoms with E-state index >= 15 is 0 Å². The van der Waals surface area contributed by atoms with E-state index in [4.69, 9.17) is 4.98 Å². The summed E-state index contributed by atoms with van der Waals surface area (Å²) < 4.78 is 0. The lowest BCUT2D eigenvalue weighted by Gasteiger charge is -2.23. The van der Waals surface area contributed by atoms with Gasteiger partial charge < -0.3 is 9.80 Å². The Morgan fingerprint density at radius 1 is 0.792 bits per heavy atom. The average Bonchev–Trinajstić information content (AvgIpc) is 2.88. The van der Waals surface area contributed by atoms with E-state index in [1.807, 2.05) is 49.5 Å². The maximum Gasteiger partial charge on any atom is 0.151 e. The summed E-state index contributed by atoms with van der Waals surface area (Å²) >= 11 is 0. The lowest BCUT2D eigenvalue weighted by Crippen LogP contribution is -2.31. The molecule has 0 aliphatic carbocycles. The molecule has 24 heavy (non-hydrogen) atoms. The molecule has 1 aromatic carbocycles. The van der Waals surface area contributed by atoms with Crippen molar-refractivity contribution in [2.75, 3.05) is 36.0 Å². The Hall–Kier alpha value is -2.76. The molecule has 3 heterocycles. The van der Waals surface area contributed by atoms with Gasteiger partial charge in [0.05, 0.1) is 22.9 Å². The highest BCUT2D eigenvalue weighted by Crippen LogP contribution is 2.19. The molecule has 0 saturated carbocycles. The molecule has 1 fully saturated rings. The van der Waals surface area contributed by atoms with Crippen LogP contribution in [0.25, 0.3) is 11.0 Å². The second-order valence-corrected chi connectivity index (χ2v) is 6.08. The minimum Gasteiger partial charge on any atom is -0.353 e. The zero-order chi connectivity index (χ0) is 16.4. The fraction of sp³-hybridized carbons (Fsp3) is 0.333. The lowest BCUT2D eigenvalue weighted by molar-refractivity contribution is 0.782. The standard InChI is InChI=1S/C18H20N6/c1-14-7-8-17(22-21-14)23-9-4-10-24(12-11-23)18-13-19-15-5-2-3-6-16(15)20-18/h2-3,5-8,13H,4,9-12H2,1H3. The number of rotatable bonds is 2. The maximum atomic E-state index is 4.77. The summed E-state index contributed by atoms with van der Waals surface area (Å²) in [5.74, 6) is 1.90. The zero-order valence-electron chi connectivity index (χ0n) is 13.8. The molecule has 2 aromatic heterocycles. The van der Waals surface area contributed by atoms with Gasteiger partial charge in [-0.1, -0.05) is 12.1 Å². The van der Waals surface area contributed by atoms with Crippen molar-refractivity contribution in [3.8, 4) is 0 Å². The highest BCUT2D eigenvalue weighted by molar-refractivity contribution is 5.75. The molecule has 122 valence electrons. The first-order valence-corrected chi connectivity index (χ1v) is 8.32. The van der Waals surface area contributed by atoms with E-state index in [9.17, 15) is 0 Å². The number of benzene rings is 1. The predicted molar refractivity (Wildman–Crippen MR) is 95.4 cm³/mol. The second kappa shape index (κ2) is 6.39. The summed E-state index contributed by atoms with van der Waals surface area (Å²) in [7, 11) is 0. The number of aryl methyl sites for hydroxylation is 1. The van der Waals surface area contributed by atoms with Crippen LogP contribution in [0.3, 0.4) is 0 Å². The fourth-order valence-corrected chi connectivity index (χ4v) is 3.04. The van der Waals surface area contributed by atoms with Crippen molar-refractivity contribution >= 4 is 22.7 Å². The molecule has 1 aliphatic heterocycles. The van der Waals surface area contributed by atoms with Crippen LogP contribution >= 0.6 is 0 Å². The molecule has 0 N–H and O–H groups in total. The lowest BCUT2D eigenvalue weighted by atomic mass is 10.3. The summed E-state index contributed by atoms with van der Waals surface area (Å²) in [6.07, 6.45) is 2.94. The van der Waals surface area contributed by atoms with E-state index < -0.39 is 0 Å². The van der Waals surface area contributed by atoms with Crippen LogP contribution in [0.2, 0.25) is 0 Å². The van der Waals surface area contributed by atoms with Crippen LogP contribution in [-0.2, 0) is 0 Å². The Kier molecular flexibility index (Phi) is 3.94. The van der Waals surface area contributed by atoms with E-state index in [1.54, 1.807) is 0 Å². The predicted octanol–water partition coefficient (Wildman–Crippen LogP) is 2.44. The Bertz CT molecular complexity index is 832. The molecular formula is C18H20N6. The summed E-state index contributed by atoms with van der Waals surface area (Å²) in [5.41, 5.74) is 2.83. The number of para-hydroxylation sites is 2. The van der Waals surface area contributed by atoms with Gasteiger partial charge in [0.25, 0.3) is 0 Å². The molecule has 3 aromatic rings. The van der Waals surface area contributed by atoms with Gasteiger partial charge in [0.2, 0.25) is 0 Å². The molecule has 1 aliphatic rings. The molecular weight excluding hydrogens is 300 g/mol. The van der Waals surface area contributed by atoms with Crippen LogP contribution in [0, 0.1) is 6.92 Å². The van der Waals surface area contributed by atoms with Gasteiger partial charge in [-0.05, 0) is 37.6 Å². The summed E-state index contributed by atoms with van der Waals surface area (Å²) in [5, 5.41) is 8.48. The third kappa shape index (κ3) is 2.99. The first-order valence-electron chi connectivity index (χ1n) is 8.32. The van der Waals surface area contributed by atoms with Crippen LogP contribution in [0.15, 0.2) is 42.6 Å².